The first-order valence-electron chi connectivity index (χ1n) is 7.34. The van der Waals surface area contributed by atoms with Crippen LogP contribution in [0.3, 0.4) is 0 Å². The predicted molar refractivity (Wildman–Crippen MR) is 93.8 cm³/mol. The number of nitro groups is 1. The Labute approximate surface area is 148 Å². The van der Waals surface area contributed by atoms with E-state index in [1.807, 2.05) is 30.3 Å². The van der Waals surface area contributed by atoms with E-state index >= 15 is 0 Å². The topological polar surface area (TPSA) is 90.1 Å². The lowest BCUT2D eigenvalue weighted by Crippen LogP contribution is -2.13. The quantitative estimate of drug-likeness (QED) is 0.557. The molecule has 3 rings (SSSR count). The summed E-state index contributed by atoms with van der Waals surface area (Å²) in [6.45, 7) is 0.550. The number of rotatable bonds is 5. The highest BCUT2D eigenvalue weighted by Gasteiger charge is 2.21. The minimum atomic E-state index is -0.621. The number of benzene rings is 2. The fourth-order valence-corrected chi connectivity index (χ4v) is 2.50. The third-order valence-electron chi connectivity index (χ3n) is 3.48. The maximum absolute atomic E-state index is 12.3. The molecular formula is C17H13ClN4O3. The SMILES string of the molecule is O=C(Nc1cnn(Cc2ccccc2)c1)c1cc(Cl)ccc1[N+](=O)[O-]. The fourth-order valence-electron chi connectivity index (χ4n) is 2.33. The van der Waals surface area contributed by atoms with E-state index < -0.39 is 10.8 Å². The van der Waals surface area contributed by atoms with Crippen LogP contribution in [0.15, 0.2) is 60.9 Å². The van der Waals surface area contributed by atoms with Crippen molar-refractivity contribution in [2.45, 2.75) is 6.54 Å². The maximum Gasteiger partial charge on any atom is 0.282 e. The molecule has 3 aromatic rings. The summed E-state index contributed by atoms with van der Waals surface area (Å²) in [4.78, 5) is 22.8. The minimum absolute atomic E-state index is 0.103. The first-order chi connectivity index (χ1) is 12.0. The molecule has 1 aromatic heterocycles. The standard InChI is InChI=1S/C17H13ClN4O3/c18-13-6-7-16(22(24)25)15(8-13)17(23)20-14-9-19-21(11-14)10-12-4-2-1-3-5-12/h1-9,11H,10H2,(H,20,23). The van der Waals surface area contributed by atoms with Gasteiger partial charge < -0.3 is 5.32 Å². The summed E-state index contributed by atoms with van der Waals surface area (Å²) < 4.78 is 1.66. The van der Waals surface area contributed by atoms with Crippen LogP contribution in [0.5, 0.6) is 0 Å². The van der Waals surface area contributed by atoms with Crippen LogP contribution in [0.2, 0.25) is 5.02 Å². The normalized spacial score (nSPS) is 10.4. The van der Waals surface area contributed by atoms with Gasteiger partial charge >= 0.3 is 0 Å². The number of nitrogens with zero attached hydrogens (tertiary/aromatic N) is 3. The molecule has 0 bridgehead atoms. The molecule has 2 aromatic carbocycles. The lowest BCUT2D eigenvalue weighted by molar-refractivity contribution is -0.385. The smallest absolute Gasteiger partial charge is 0.282 e. The summed E-state index contributed by atoms with van der Waals surface area (Å²) in [5, 5.41) is 18.1. The molecule has 1 amide bonds. The molecule has 7 nitrogen and oxygen atoms in total. The van der Waals surface area contributed by atoms with Gasteiger partial charge in [-0.25, -0.2) is 0 Å². The second-order valence-electron chi connectivity index (χ2n) is 5.28. The number of halogens is 1. The van der Waals surface area contributed by atoms with Crippen molar-refractivity contribution in [2.75, 3.05) is 5.32 Å². The first kappa shape index (κ1) is 16.7. The van der Waals surface area contributed by atoms with E-state index in [4.69, 9.17) is 11.6 Å². The molecule has 126 valence electrons. The Morgan fingerprint density at radius 1 is 1.24 bits per heavy atom. The molecule has 0 aliphatic carbocycles. The highest BCUT2D eigenvalue weighted by molar-refractivity contribution is 6.31. The summed E-state index contributed by atoms with van der Waals surface area (Å²) in [6.07, 6.45) is 3.14. The fraction of sp³-hybridized carbons (Fsp3) is 0.0588. The Kier molecular flexibility index (Phi) is 4.76. The first-order valence-corrected chi connectivity index (χ1v) is 7.72. The molecule has 0 saturated heterocycles. The zero-order valence-electron chi connectivity index (χ0n) is 12.9. The van der Waals surface area contributed by atoms with Gasteiger partial charge in [-0.2, -0.15) is 5.10 Å². The monoisotopic (exact) mass is 356 g/mol. The van der Waals surface area contributed by atoms with Gasteiger partial charge in [-0.1, -0.05) is 41.9 Å². The van der Waals surface area contributed by atoms with Crippen molar-refractivity contribution in [2.24, 2.45) is 0 Å². The molecule has 0 aliphatic rings. The second-order valence-corrected chi connectivity index (χ2v) is 5.72. The molecule has 0 radical (unpaired) electrons. The lowest BCUT2D eigenvalue weighted by atomic mass is 10.1. The van der Waals surface area contributed by atoms with Crippen LogP contribution in [0.25, 0.3) is 0 Å². The van der Waals surface area contributed by atoms with Gasteiger partial charge in [-0.15, -0.1) is 0 Å². The molecule has 1 N–H and O–H groups in total. The number of anilines is 1. The largest absolute Gasteiger partial charge is 0.319 e. The van der Waals surface area contributed by atoms with Crippen molar-refractivity contribution < 1.29 is 9.72 Å². The number of hydrogen-bond donors (Lipinski definition) is 1. The van der Waals surface area contributed by atoms with E-state index in [1.54, 1.807) is 10.9 Å². The number of carbonyl (C=O) groups excluding carboxylic acids is 1. The van der Waals surface area contributed by atoms with Gasteiger partial charge in [0.25, 0.3) is 11.6 Å². The highest BCUT2D eigenvalue weighted by atomic mass is 35.5. The van der Waals surface area contributed by atoms with Gasteiger partial charge in [0.05, 0.1) is 23.4 Å². The van der Waals surface area contributed by atoms with Gasteiger partial charge in [0.1, 0.15) is 5.56 Å². The Balaban J connectivity index is 1.76. The van der Waals surface area contributed by atoms with Gasteiger partial charge in [-0.3, -0.25) is 19.6 Å². The number of nitrogens with one attached hydrogen (secondary N) is 1. The molecule has 0 spiro atoms. The van der Waals surface area contributed by atoms with E-state index in [2.05, 4.69) is 10.4 Å². The lowest BCUT2D eigenvalue weighted by Gasteiger charge is -2.04. The van der Waals surface area contributed by atoms with Crippen LogP contribution in [0.4, 0.5) is 11.4 Å². The average Bonchev–Trinajstić information content (AvgIpc) is 3.02. The van der Waals surface area contributed by atoms with Gasteiger partial charge in [-0.05, 0) is 17.7 Å². The Hall–Kier alpha value is -3.19. The molecular weight excluding hydrogens is 344 g/mol. The zero-order chi connectivity index (χ0) is 17.8. The number of aromatic nitrogens is 2. The van der Waals surface area contributed by atoms with E-state index in [0.29, 0.717) is 12.2 Å². The van der Waals surface area contributed by atoms with Crippen molar-refractivity contribution in [3.63, 3.8) is 0 Å². The van der Waals surface area contributed by atoms with E-state index in [9.17, 15) is 14.9 Å². The minimum Gasteiger partial charge on any atom is -0.319 e. The van der Waals surface area contributed by atoms with Crippen LogP contribution in [-0.4, -0.2) is 20.6 Å². The van der Waals surface area contributed by atoms with Crippen LogP contribution < -0.4 is 5.32 Å². The van der Waals surface area contributed by atoms with Crippen molar-refractivity contribution >= 4 is 28.9 Å². The predicted octanol–water partition coefficient (Wildman–Crippen LogP) is 3.75. The van der Waals surface area contributed by atoms with Crippen LogP contribution in [0, 0.1) is 10.1 Å². The number of hydrogen-bond acceptors (Lipinski definition) is 4. The Morgan fingerprint density at radius 3 is 2.72 bits per heavy atom. The van der Waals surface area contributed by atoms with Crippen molar-refractivity contribution in [3.8, 4) is 0 Å². The molecule has 0 aliphatic heterocycles. The number of amides is 1. The average molecular weight is 357 g/mol. The van der Waals surface area contributed by atoms with Gasteiger partial charge in [0.15, 0.2) is 0 Å². The number of carbonyl (C=O) groups is 1. The van der Waals surface area contributed by atoms with Crippen LogP contribution in [0.1, 0.15) is 15.9 Å². The van der Waals surface area contributed by atoms with Gasteiger partial charge in [0, 0.05) is 17.3 Å². The summed E-state index contributed by atoms with van der Waals surface area (Å²) >= 11 is 5.84. The van der Waals surface area contributed by atoms with Crippen molar-refractivity contribution in [3.05, 3.63) is 87.2 Å². The number of nitro benzene ring substituents is 1. The molecule has 0 saturated carbocycles. The molecule has 0 atom stereocenters. The van der Waals surface area contributed by atoms with E-state index in [0.717, 1.165) is 5.56 Å². The third kappa shape index (κ3) is 4.02. The van der Waals surface area contributed by atoms with Crippen molar-refractivity contribution in [1.29, 1.82) is 0 Å². The van der Waals surface area contributed by atoms with E-state index in [1.165, 1.54) is 24.4 Å². The summed E-state index contributed by atoms with van der Waals surface area (Å²) in [7, 11) is 0. The highest BCUT2D eigenvalue weighted by Crippen LogP contribution is 2.23. The molecule has 1 heterocycles. The van der Waals surface area contributed by atoms with Gasteiger partial charge in [0.2, 0.25) is 0 Å². The van der Waals surface area contributed by atoms with Crippen LogP contribution in [-0.2, 0) is 6.54 Å². The second kappa shape index (κ2) is 7.14. The Bertz CT molecular complexity index is 925. The zero-order valence-corrected chi connectivity index (χ0v) is 13.7. The maximum atomic E-state index is 12.3. The van der Waals surface area contributed by atoms with E-state index in [-0.39, 0.29) is 16.3 Å². The summed E-state index contributed by atoms with van der Waals surface area (Å²) in [5.74, 6) is -0.617. The molecule has 0 unspecified atom stereocenters. The molecule has 0 fully saturated rings. The summed E-state index contributed by atoms with van der Waals surface area (Å²) in [5.41, 5.74) is 1.09. The molecule has 8 heteroatoms. The molecule has 25 heavy (non-hydrogen) atoms. The third-order valence-corrected chi connectivity index (χ3v) is 3.71. The Morgan fingerprint density at radius 2 is 2.00 bits per heavy atom. The van der Waals surface area contributed by atoms with Crippen molar-refractivity contribution in [1.82, 2.24) is 9.78 Å². The summed E-state index contributed by atoms with van der Waals surface area (Å²) in [6, 6.07) is 13.6. The van der Waals surface area contributed by atoms with Crippen LogP contribution >= 0.6 is 11.6 Å².